The van der Waals surface area contributed by atoms with Crippen LogP contribution in [0.3, 0.4) is 0 Å². The molecule has 0 aliphatic carbocycles. The van der Waals surface area contributed by atoms with Gasteiger partial charge >= 0.3 is 0 Å². The average molecular weight is 369 g/mol. The van der Waals surface area contributed by atoms with Crippen LogP contribution in [0.1, 0.15) is 16.5 Å². The summed E-state index contributed by atoms with van der Waals surface area (Å²) >= 11 is 16.2. The van der Waals surface area contributed by atoms with E-state index in [2.05, 4.69) is 34.0 Å². The summed E-state index contributed by atoms with van der Waals surface area (Å²) in [6.45, 7) is 0. The summed E-state index contributed by atoms with van der Waals surface area (Å²) in [7, 11) is 0. The van der Waals surface area contributed by atoms with Crippen LogP contribution in [0.25, 0.3) is 0 Å². The first-order chi connectivity index (χ1) is 7.16. The van der Waals surface area contributed by atoms with Crippen LogP contribution < -0.4 is 0 Å². The van der Waals surface area contributed by atoms with Crippen molar-refractivity contribution in [3.8, 4) is 0 Å². The van der Waals surface area contributed by atoms with Gasteiger partial charge in [0.15, 0.2) is 0 Å². The summed E-state index contributed by atoms with van der Waals surface area (Å²) < 4.78 is 1.25. The second-order valence-corrected chi connectivity index (χ2v) is 6.78. The van der Waals surface area contributed by atoms with E-state index in [1.165, 1.54) is 2.88 Å². The SMILES string of the molecule is Clc1ccc(C(Cl)c2csc(I)c2)cc1. The van der Waals surface area contributed by atoms with Crippen LogP contribution in [0.4, 0.5) is 0 Å². The summed E-state index contributed by atoms with van der Waals surface area (Å²) in [6.07, 6.45) is 0. The third-order valence-corrected chi connectivity index (χ3v) is 4.61. The standard InChI is InChI=1S/C11H7Cl2IS/c12-9-3-1-7(2-4-9)11(13)8-5-10(14)15-6-8/h1-6,11H. The highest BCUT2D eigenvalue weighted by atomic mass is 127. The first-order valence-corrected chi connectivity index (χ1v) is 7.07. The topological polar surface area (TPSA) is 0 Å². The largest absolute Gasteiger partial charge is 0.137 e. The van der Waals surface area contributed by atoms with Gasteiger partial charge in [0, 0.05) is 5.02 Å². The summed E-state index contributed by atoms with van der Waals surface area (Å²) in [6, 6.07) is 9.76. The fourth-order valence-corrected chi connectivity index (χ4v) is 3.15. The molecule has 1 aromatic heterocycles. The molecule has 1 aromatic carbocycles. The number of halogens is 3. The maximum Gasteiger partial charge on any atom is 0.0843 e. The Hall–Kier alpha value is 0.230. The number of benzene rings is 1. The summed E-state index contributed by atoms with van der Waals surface area (Å²) in [5.41, 5.74) is 2.23. The molecular formula is C11H7Cl2IS. The van der Waals surface area contributed by atoms with Crippen LogP contribution in [-0.4, -0.2) is 0 Å². The van der Waals surface area contributed by atoms with Crippen LogP contribution in [0, 0.1) is 2.88 Å². The lowest BCUT2D eigenvalue weighted by molar-refractivity contribution is 1.15. The third-order valence-electron chi connectivity index (χ3n) is 2.04. The maximum absolute atomic E-state index is 6.36. The van der Waals surface area contributed by atoms with E-state index < -0.39 is 0 Å². The van der Waals surface area contributed by atoms with Gasteiger partial charge in [-0.3, -0.25) is 0 Å². The fraction of sp³-hybridized carbons (Fsp3) is 0.0909. The second kappa shape index (κ2) is 5.04. The van der Waals surface area contributed by atoms with Crippen LogP contribution >= 0.6 is 57.1 Å². The van der Waals surface area contributed by atoms with E-state index in [0.29, 0.717) is 0 Å². The predicted molar refractivity (Wildman–Crippen MR) is 76.2 cm³/mol. The highest BCUT2D eigenvalue weighted by Crippen LogP contribution is 2.32. The number of hydrogen-bond acceptors (Lipinski definition) is 1. The summed E-state index contributed by atoms with van der Waals surface area (Å²) in [5, 5.41) is 2.75. The number of alkyl halides is 1. The van der Waals surface area contributed by atoms with Gasteiger partial charge in [0.2, 0.25) is 0 Å². The van der Waals surface area contributed by atoms with Gasteiger partial charge in [-0.2, -0.15) is 0 Å². The van der Waals surface area contributed by atoms with E-state index in [0.717, 1.165) is 16.1 Å². The highest BCUT2D eigenvalue weighted by molar-refractivity contribution is 14.1. The fourth-order valence-electron chi connectivity index (χ4n) is 1.28. The maximum atomic E-state index is 6.36. The molecule has 0 saturated heterocycles. The lowest BCUT2D eigenvalue weighted by Gasteiger charge is -2.07. The molecule has 0 bridgehead atoms. The Bertz CT molecular complexity index is 450. The van der Waals surface area contributed by atoms with Gasteiger partial charge in [-0.15, -0.1) is 22.9 Å². The van der Waals surface area contributed by atoms with E-state index >= 15 is 0 Å². The molecule has 0 aliphatic heterocycles. The molecule has 2 rings (SSSR count). The zero-order valence-electron chi connectivity index (χ0n) is 7.58. The van der Waals surface area contributed by atoms with E-state index in [1.807, 2.05) is 24.3 Å². The van der Waals surface area contributed by atoms with Crippen molar-refractivity contribution in [2.75, 3.05) is 0 Å². The molecule has 0 N–H and O–H groups in total. The van der Waals surface area contributed by atoms with Crippen molar-refractivity contribution in [1.29, 1.82) is 0 Å². The van der Waals surface area contributed by atoms with Crippen LogP contribution in [0.15, 0.2) is 35.7 Å². The van der Waals surface area contributed by atoms with Gasteiger partial charge in [0.25, 0.3) is 0 Å². The van der Waals surface area contributed by atoms with Gasteiger partial charge in [-0.1, -0.05) is 23.7 Å². The third kappa shape index (κ3) is 2.87. The molecule has 0 fully saturated rings. The Kier molecular flexibility index (Phi) is 3.93. The molecular weight excluding hydrogens is 362 g/mol. The Morgan fingerprint density at radius 1 is 1.13 bits per heavy atom. The van der Waals surface area contributed by atoms with Crippen molar-refractivity contribution in [3.05, 3.63) is 54.7 Å². The molecule has 0 saturated carbocycles. The van der Waals surface area contributed by atoms with Gasteiger partial charge < -0.3 is 0 Å². The zero-order chi connectivity index (χ0) is 10.8. The lowest BCUT2D eigenvalue weighted by atomic mass is 10.1. The first kappa shape index (κ1) is 11.7. The Morgan fingerprint density at radius 2 is 1.80 bits per heavy atom. The molecule has 2 aromatic rings. The van der Waals surface area contributed by atoms with E-state index in [1.54, 1.807) is 11.3 Å². The van der Waals surface area contributed by atoms with Gasteiger partial charge in [-0.25, -0.2) is 0 Å². The monoisotopic (exact) mass is 368 g/mol. The van der Waals surface area contributed by atoms with Crippen LogP contribution in [-0.2, 0) is 0 Å². The van der Waals surface area contributed by atoms with E-state index in [-0.39, 0.29) is 5.38 Å². The number of thiophene rings is 1. The first-order valence-electron chi connectivity index (χ1n) is 4.30. The van der Waals surface area contributed by atoms with E-state index in [4.69, 9.17) is 23.2 Å². The predicted octanol–water partition coefficient (Wildman–Crippen LogP) is 5.33. The Balaban J connectivity index is 2.28. The van der Waals surface area contributed by atoms with E-state index in [9.17, 15) is 0 Å². The van der Waals surface area contributed by atoms with Gasteiger partial charge in [0.05, 0.1) is 8.26 Å². The van der Waals surface area contributed by atoms with Gasteiger partial charge in [-0.05, 0) is 57.3 Å². The quantitative estimate of drug-likeness (QED) is 0.496. The molecule has 1 unspecified atom stereocenters. The van der Waals surface area contributed by atoms with Crippen LogP contribution in [0.5, 0.6) is 0 Å². The molecule has 0 aliphatic rings. The molecule has 1 atom stereocenters. The Labute approximate surface area is 116 Å². The molecule has 0 nitrogen and oxygen atoms in total. The van der Waals surface area contributed by atoms with Crippen molar-refractivity contribution < 1.29 is 0 Å². The molecule has 0 amide bonds. The van der Waals surface area contributed by atoms with Crippen molar-refractivity contribution in [1.82, 2.24) is 0 Å². The van der Waals surface area contributed by atoms with Crippen molar-refractivity contribution in [2.24, 2.45) is 0 Å². The minimum absolute atomic E-state index is 0.0815. The van der Waals surface area contributed by atoms with Gasteiger partial charge in [0.1, 0.15) is 0 Å². The highest BCUT2D eigenvalue weighted by Gasteiger charge is 2.11. The normalized spacial score (nSPS) is 12.7. The molecule has 1 heterocycles. The molecule has 78 valence electrons. The summed E-state index contributed by atoms with van der Waals surface area (Å²) in [5.74, 6) is 0. The smallest absolute Gasteiger partial charge is 0.0843 e. The van der Waals surface area contributed by atoms with Crippen molar-refractivity contribution in [3.63, 3.8) is 0 Å². The zero-order valence-corrected chi connectivity index (χ0v) is 12.1. The summed E-state index contributed by atoms with van der Waals surface area (Å²) in [4.78, 5) is 0. The lowest BCUT2D eigenvalue weighted by Crippen LogP contribution is -1.90. The number of rotatable bonds is 2. The Morgan fingerprint density at radius 3 is 2.33 bits per heavy atom. The van der Waals surface area contributed by atoms with Crippen molar-refractivity contribution in [2.45, 2.75) is 5.38 Å². The molecule has 0 spiro atoms. The van der Waals surface area contributed by atoms with Crippen molar-refractivity contribution >= 4 is 57.1 Å². The molecule has 4 heteroatoms. The molecule has 0 radical (unpaired) electrons. The average Bonchev–Trinajstić information content (AvgIpc) is 2.65. The second-order valence-electron chi connectivity index (χ2n) is 3.10. The minimum atomic E-state index is -0.0815. The van der Waals surface area contributed by atoms with Crippen LogP contribution in [0.2, 0.25) is 5.02 Å². The number of hydrogen-bond donors (Lipinski definition) is 0. The minimum Gasteiger partial charge on any atom is -0.137 e. The molecule has 15 heavy (non-hydrogen) atoms.